The summed E-state index contributed by atoms with van der Waals surface area (Å²) in [6.07, 6.45) is 2.34. The molecule has 1 aliphatic rings. The van der Waals surface area contributed by atoms with Crippen molar-refractivity contribution in [3.05, 3.63) is 0 Å². The summed E-state index contributed by atoms with van der Waals surface area (Å²) in [6, 6.07) is 0.320. The fourth-order valence-electron chi connectivity index (χ4n) is 2.19. The lowest BCUT2D eigenvalue weighted by atomic mass is 9.93. The lowest BCUT2D eigenvalue weighted by Crippen LogP contribution is -2.50. The van der Waals surface area contributed by atoms with Crippen LogP contribution >= 0.6 is 0 Å². The number of nitrogens with zero attached hydrogens (tertiary/aromatic N) is 2. The van der Waals surface area contributed by atoms with Crippen molar-refractivity contribution in [3.8, 4) is 0 Å². The number of hydrogen-bond acceptors (Lipinski definition) is 4. The Balaban J connectivity index is 2.20. The van der Waals surface area contributed by atoms with Gasteiger partial charge >= 0.3 is 0 Å². The minimum Gasteiger partial charge on any atom is -0.330 e. The minimum absolute atomic E-state index is 0.320. The summed E-state index contributed by atoms with van der Waals surface area (Å²) in [5.74, 6) is 0.498. The molecular weight excluding hydrogens is 188 g/mol. The zero-order valence-electron chi connectivity index (χ0n) is 10.2. The van der Waals surface area contributed by atoms with Gasteiger partial charge in [-0.15, -0.1) is 0 Å². The van der Waals surface area contributed by atoms with E-state index >= 15 is 0 Å². The summed E-state index contributed by atoms with van der Waals surface area (Å²) in [7, 11) is 4.24. The summed E-state index contributed by atoms with van der Waals surface area (Å²) in [5, 5.41) is 0. The maximum Gasteiger partial charge on any atom is 0.0104 e. The third-order valence-corrected chi connectivity index (χ3v) is 3.26. The molecule has 4 heteroatoms. The van der Waals surface area contributed by atoms with Gasteiger partial charge in [-0.25, -0.2) is 0 Å². The second kappa shape index (κ2) is 6.43. The standard InChI is InChI=1S/C11H26N4/c1-14(2)5-3-6-15-7-4-11(13)10(8-12)9-15/h10-11H,3-9,12-13H2,1-2H3. The van der Waals surface area contributed by atoms with E-state index in [9.17, 15) is 0 Å². The molecular formula is C11H26N4. The van der Waals surface area contributed by atoms with Crippen molar-refractivity contribution in [2.45, 2.75) is 18.9 Å². The zero-order chi connectivity index (χ0) is 11.3. The molecule has 2 unspecified atom stereocenters. The molecule has 1 rings (SSSR count). The van der Waals surface area contributed by atoms with Crippen LogP contribution in [-0.4, -0.2) is 62.7 Å². The van der Waals surface area contributed by atoms with Crippen molar-refractivity contribution in [2.24, 2.45) is 17.4 Å². The van der Waals surface area contributed by atoms with E-state index in [1.54, 1.807) is 0 Å². The Morgan fingerprint density at radius 2 is 2.13 bits per heavy atom. The van der Waals surface area contributed by atoms with Gasteiger partial charge in [0.1, 0.15) is 0 Å². The molecule has 0 saturated carbocycles. The van der Waals surface area contributed by atoms with Crippen molar-refractivity contribution in [3.63, 3.8) is 0 Å². The van der Waals surface area contributed by atoms with E-state index < -0.39 is 0 Å². The van der Waals surface area contributed by atoms with Crippen molar-refractivity contribution >= 4 is 0 Å². The molecule has 0 spiro atoms. The second-order valence-corrected chi connectivity index (χ2v) is 4.91. The maximum absolute atomic E-state index is 6.01. The number of piperidine rings is 1. The molecule has 2 atom stereocenters. The predicted molar refractivity (Wildman–Crippen MR) is 64.7 cm³/mol. The topological polar surface area (TPSA) is 58.5 Å². The monoisotopic (exact) mass is 214 g/mol. The Bertz CT molecular complexity index is 172. The van der Waals surface area contributed by atoms with Crippen molar-refractivity contribution in [1.29, 1.82) is 0 Å². The van der Waals surface area contributed by atoms with Crippen LogP contribution in [0.4, 0.5) is 0 Å². The van der Waals surface area contributed by atoms with Crippen molar-refractivity contribution in [1.82, 2.24) is 9.80 Å². The molecule has 15 heavy (non-hydrogen) atoms. The summed E-state index contributed by atoms with van der Waals surface area (Å²) < 4.78 is 0. The fourth-order valence-corrected chi connectivity index (χ4v) is 2.19. The predicted octanol–water partition coefficient (Wildman–Crippen LogP) is -0.454. The normalized spacial score (nSPS) is 28.6. The number of rotatable bonds is 5. The van der Waals surface area contributed by atoms with Crippen molar-refractivity contribution in [2.75, 3.05) is 46.8 Å². The first kappa shape index (κ1) is 12.9. The highest BCUT2D eigenvalue weighted by atomic mass is 15.1. The van der Waals surface area contributed by atoms with E-state index in [2.05, 4.69) is 23.9 Å². The Morgan fingerprint density at radius 3 is 2.73 bits per heavy atom. The molecule has 0 aromatic carbocycles. The average Bonchev–Trinajstić information content (AvgIpc) is 2.20. The van der Waals surface area contributed by atoms with Gasteiger partial charge in [0, 0.05) is 12.6 Å². The average molecular weight is 214 g/mol. The molecule has 1 heterocycles. The molecule has 0 aromatic heterocycles. The summed E-state index contributed by atoms with van der Waals surface area (Å²) in [4.78, 5) is 4.74. The van der Waals surface area contributed by atoms with E-state index in [-0.39, 0.29) is 0 Å². The van der Waals surface area contributed by atoms with Gasteiger partial charge in [-0.1, -0.05) is 0 Å². The largest absolute Gasteiger partial charge is 0.330 e. The zero-order valence-corrected chi connectivity index (χ0v) is 10.2. The number of nitrogens with two attached hydrogens (primary N) is 2. The van der Waals surface area contributed by atoms with Gasteiger partial charge in [-0.3, -0.25) is 0 Å². The highest BCUT2D eigenvalue weighted by Gasteiger charge is 2.24. The maximum atomic E-state index is 6.01. The molecule has 0 aliphatic carbocycles. The molecule has 90 valence electrons. The van der Waals surface area contributed by atoms with Crippen LogP contribution in [0.15, 0.2) is 0 Å². The Hall–Kier alpha value is -0.160. The van der Waals surface area contributed by atoms with Crippen LogP contribution in [0.1, 0.15) is 12.8 Å². The van der Waals surface area contributed by atoms with E-state index in [4.69, 9.17) is 11.5 Å². The fraction of sp³-hybridized carbons (Fsp3) is 1.00. The van der Waals surface area contributed by atoms with Gasteiger partial charge < -0.3 is 21.3 Å². The highest BCUT2D eigenvalue weighted by molar-refractivity contribution is 4.83. The molecule has 0 aromatic rings. The third kappa shape index (κ3) is 4.47. The van der Waals surface area contributed by atoms with E-state index in [1.807, 2.05) is 0 Å². The SMILES string of the molecule is CN(C)CCCN1CCC(N)C(CN)C1. The summed E-state index contributed by atoms with van der Waals surface area (Å²) >= 11 is 0. The minimum atomic E-state index is 0.320. The van der Waals surface area contributed by atoms with Crippen LogP contribution in [0.3, 0.4) is 0 Å². The van der Waals surface area contributed by atoms with Gasteiger partial charge in [0.05, 0.1) is 0 Å². The van der Waals surface area contributed by atoms with E-state index in [0.717, 1.165) is 32.6 Å². The molecule has 0 radical (unpaired) electrons. The van der Waals surface area contributed by atoms with E-state index in [1.165, 1.54) is 13.0 Å². The van der Waals surface area contributed by atoms with Gasteiger partial charge in [0.15, 0.2) is 0 Å². The number of likely N-dealkylation sites (tertiary alicyclic amines) is 1. The molecule has 1 saturated heterocycles. The molecule has 4 nitrogen and oxygen atoms in total. The Kier molecular flexibility index (Phi) is 5.53. The van der Waals surface area contributed by atoms with Crippen molar-refractivity contribution < 1.29 is 0 Å². The van der Waals surface area contributed by atoms with Crippen LogP contribution < -0.4 is 11.5 Å². The van der Waals surface area contributed by atoms with Gasteiger partial charge in [-0.2, -0.15) is 0 Å². The Labute approximate surface area is 93.6 Å². The third-order valence-electron chi connectivity index (χ3n) is 3.26. The molecule has 4 N–H and O–H groups in total. The van der Waals surface area contributed by atoms with Crippen LogP contribution in [0, 0.1) is 5.92 Å². The summed E-state index contributed by atoms with van der Waals surface area (Å²) in [6.45, 7) is 5.30. The molecule has 0 bridgehead atoms. The molecule has 0 amide bonds. The second-order valence-electron chi connectivity index (χ2n) is 4.91. The smallest absolute Gasteiger partial charge is 0.0104 e. The van der Waals surface area contributed by atoms with Gasteiger partial charge in [-0.05, 0) is 59.0 Å². The quantitative estimate of drug-likeness (QED) is 0.650. The lowest BCUT2D eigenvalue weighted by molar-refractivity contribution is 0.153. The van der Waals surface area contributed by atoms with Crippen LogP contribution in [-0.2, 0) is 0 Å². The van der Waals surface area contributed by atoms with E-state index in [0.29, 0.717) is 12.0 Å². The van der Waals surface area contributed by atoms with Gasteiger partial charge in [0.25, 0.3) is 0 Å². The molecule has 1 aliphatic heterocycles. The first-order valence-electron chi connectivity index (χ1n) is 5.96. The van der Waals surface area contributed by atoms with Gasteiger partial charge in [0.2, 0.25) is 0 Å². The van der Waals surface area contributed by atoms with Crippen LogP contribution in [0.25, 0.3) is 0 Å². The Morgan fingerprint density at radius 1 is 1.40 bits per heavy atom. The highest BCUT2D eigenvalue weighted by Crippen LogP contribution is 2.14. The number of hydrogen-bond donors (Lipinski definition) is 2. The van der Waals surface area contributed by atoms with Crippen LogP contribution in [0.5, 0.6) is 0 Å². The first-order valence-corrected chi connectivity index (χ1v) is 5.96. The lowest BCUT2D eigenvalue weighted by Gasteiger charge is -2.36. The summed E-state index contributed by atoms with van der Waals surface area (Å²) in [5.41, 5.74) is 11.7. The molecule has 1 fully saturated rings. The first-order chi connectivity index (χ1) is 7.13. The van der Waals surface area contributed by atoms with Crippen LogP contribution in [0.2, 0.25) is 0 Å².